The molecule has 250 valence electrons. The molecule has 0 saturated carbocycles. The van der Waals surface area contributed by atoms with Gasteiger partial charge in [0, 0.05) is 26.4 Å². The largest absolute Gasteiger partial charge is 0.443 e. The number of carbonyl (C=O) groups is 2. The van der Waals surface area contributed by atoms with Gasteiger partial charge < -0.3 is 30.0 Å². The van der Waals surface area contributed by atoms with Gasteiger partial charge in [-0.05, 0) is 48.4 Å². The van der Waals surface area contributed by atoms with Gasteiger partial charge in [0.05, 0.1) is 47.9 Å². The fraction of sp³-hybridized carbons (Fsp3) is 0.531. The maximum absolute atomic E-state index is 14.4. The number of ether oxygens (including phenoxy) is 3. The molecule has 0 bridgehead atoms. The average molecular weight is 661 g/mol. The Morgan fingerprint density at radius 1 is 1.22 bits per heavy atom. The Hall–Kier alpha value is -3.61. The fourth-order valence-electron chi connectivity index (χ4n) is 5.66. The Kier molecular flexibility index (Phi) is 11.7. The zero-order valence-electron chi connectivity index (χ0n) is 26.1. The second-order valence-electron chi connectivity index (χ2n) is 12.4. The molecule has 2 fully saturated rings. The van der Waals surface area contributed by atoms with Crippen LogP contribution in [0, 0.1) is 28.5 Å². The molecular weight excluding hydrogens is 619 g/mol. The number of fused-ring (bicyclic) bond motifs is 1. The highest BCUT2D eigenvalue weighted by molar-refractivity contribution is 7.89. The molecule has 2 aliphatic heterocycles. The van der Waals surface area contributed by atoms with Gasteiger partial charge >= 0.3 is 6.09 Å². The Morgan fingerprint density at radius 2 is 1.96 bits per heavy atom. The first kappa shape index (κ1) is 35.2. The van der Waals surface area contributed by atoms with Gasteiger partial charge in [-0.25, -0.2) is 17.6 Å². The number of aliphatic hydroxyl groups is 1. The number of nitrogens with one attached hydrogen (secondary N) is 2. The molecule has 14 heteroatoms. The van der Waals surface area contributed by atoms with E-state index in [1.165, 1.54) is 6.92 Å². The van der Waals surface area contributed by atoms with Gasteiger partial charge in [0.25, 0.3) is 0 Å². The van der Waals surface area contributed by atoms with Crippen LogP contribution in [0.1, 0.15) is 45.6 Å². The first-order valence-corrected chi connectivity index (χ1v) is 16.6. The average Bonchev–Trinajstić information content (AvgIpc) is 3.62. The number of aliphatic hydroxyl groups excluding tert-OH is 1. The summed E-state index contributed by atoms with van der Waals surface area (Å²) in [7, 11) is -4.39. The van der Waals surface area contributed by atoms with Crippen molar-refractivity contribution >= 4 is 27.7 Å². The predicted molar refractivity (Wildman–Crippen MR) is 165 cm³/mol. The van der Waals surface area contributed by atoms with Crippen LogP contribution >= 0.6 is 0 Å². The summed E-state index contributed by atoms with van der Waals surface area (Å²) in [5.41, 5.74) is -0.232. The molecule has 0 aromatic heterocycles. The second-order valence-corrected chi connectivity index (χ2v) is 14.4. The predicted octanol–water partition coefficient (Wildman–Crippen LogP) is 3.56. The summed E-state index contributed by atoms with van der Waals surface area (Å²) < 4.78 is 60.4. The third-order valence-electron chi connectivity index (χ3n) is 8.10. The van der Waals surface area contributed by atoms with Crippen LogP contribution in [0.3, 0.4) is 0 Å². The van der Waals surface area contributed by atoms with E-state index in [-0.39, 0.29) is 42.5 Å². The van der Waals surface area contributed by atoms with E-state index in [1.807, 2.05) is 30.3 Å². The van der Waals surface area contributed by atoms with Gasteiger partial charge in [0.15, 0.2) is 6.29 Å². The molecule has 46 heavy (non-hydrogen) atoms. The number of benzene rings is 2. The molecular formula is C32H41FN4O8S. The van der Waals surface area contributed by atoms with Crippen LogP contribution < -0.4 is 10.6 Å². The number of amides is 2. The summed E-state index contributed by atoms with van der Waals surface area (Å²) in [6, 6.07) is 13.2. The summed E-state index contributed by atoms with van der Waals surface area (Å²) in [6.45, 7) is 4.89. The molecule has 0 spiro atoms. The number of nitriles is 1. The van der Waals surface area contributed by atoms with Crippen LogP contribution in [0.5, 0.6) is 0 Å². The number of alkyl carbamates (subject to hydrolysis) is 1. The first-order chi connectivity index (χ1) is 21.8. The summed E-state index contributed by atoms with van der Waals surface area (Å²) in [5.74, 6) is -1.50. The topological polar surface area (TPSA) is 167 Å². The lowest BCUT2D eigenvalue weighted by Gasteiger charge is -2.35. The highest BCUT2D eigenvalue weighted by Crippen LogP contribution is 2.33. The van der Waals surface area contributed by atoms with Crippen LogP contribution in [0.25, 0.3) is 0 Å². The number of carbonyl (C=O) groups excluding carboxylic acids is 2. The SMILES string of the molecule is CC(=O)Nc1cc(S(=O)(=O)N(CC(O)C(Cc2ccccc2)NC(=O)OC2COC3OCCC23)CC(C)(C)CCC#N)ccc1F. The standard InChI is InChI=1S/C32H41FN4O8S/c1-21(38)35-26-17-23(10-11-25(26)33)46(41,42)37(20-32(2,3)13-7-14-34)18-28(39)27(16-22-8-5-4-6-9-22)36-31(40)45-29-19-44-30-24(29)12-15-43-30/h4-6,8-11,17,24,27-30,39H,7,12-13,15-16,18-20H2,1-3H3,(H,35,38)(H,36,40). The van der Waals surface area contributed by atoms with E-state index in [0.29, 0.717) is 19.4 Å². The molecule has 2 aromatic rings. The first-order valence-electron chi connectivity index (χ1n) is 15.2. The van der Waals surface area contributed by atoms with E-state index in [0.717, 1.165) is 28.1 Å². The molecule has 2 amide bonds. The van der Waals surface area contributed by atoms with Crippen LogP contribution in [-0.2, 0) is 35.4 Å². The molecule has 5 unspecified atom stereocenters. The van der Waals surface area contributed by atoms with Crippen molar-refractivity contribution in [2.45, 2.75) is 75.9 Å². The van der Waals surface area contributed by atoms with Gasteiger partial charge in [-0.15, -0.1) is 0 Å². The molecule has 0 radical (unpaired) electrons. The van der Waals surface area contributed by atoms with Crippen molar-refractivity contribution in [3.8, 4) is 6.07 Å². The summed E-state index contributed by atoms with van der Waals surface area (Å²) >= 11 is 0. The quantitative estimate of drug-likeness (QED) is 0.275. The molecule has 2 aliphatic rings. The zero-order valence-corrected chi connectivity index (χ0v) is 27.0. The Labute approximate surface area is 268 Å². The van der Waals surface area contributed by atoms with Crippen LogP contribution in [0.4, 0.5) is 14.9 Å². The summed E-state index contributed by atoms with van der Waals surface area (Å²) in [4.78, 5) is 24.4. The molecule has 0 aliphatic carbocycles. The summed E-state index contributed by atoms with van der Waals surface area (Å²) in [5, 5.41) is 25.8. The number of anilines is 1. The molecule has 2 saturated heterocycles. The lowest BCUT2D eigenvalue weighted by atomic mass is 9.88. The number of rotatable bonds is 14. The Morgan fingerprint density at radius 3 is 2.65 bits per heavy atom. The van der Waals surface area contributed by atoms with Crippen molar-refractivity contribution in [2.75, 3.05) is 31.6 Å². The minimum atomic E-state index is -4.39. The minimum absolute atomic E-state index is 0.0994. The van der Waals surface area contributed by atoms with Crippen LogP contribution in [-0.4, -0.2) is 80.7 Å². The van der Waals surface area contributed by atoms with E-state index in [4.69, 9.17) is 19.5 Å². The number of nitrogens with zero attached hydrogens (tertiary/aromatic N) is 2. The molecule has 12 nitrogen and oxygen atoms in total. The Balaban J connectivity index is 1.61. The van der Waals surface area contributed by atoms with Crippen molar-refractivity contribution in [1.82, 2.24) is 9.62 Å². The van der Waals surface area contributed by atoms with Crippen molar-refractivity contribution in [2.24, 2.45) is 11.3 Å². The van der Waals surface area contributed by atoms with Crippen molar-refractivity contribution < 1.29 is 41.7 Å². The van der Waals surface area contributed by atoms with Crippen molar-refractivity contribution in [3.63, 3.8) is 0 Å². The molecule has 3 N–H and O–H groups in total. The fourth-order valence-corrected chi connectivity index (χ4v) is 7.33. The van der Waals surface area contributed by atoms with Crippen LogP contribution in [0.2, 0.25) is 0 Å². The second kappa shape index (κ2) is 15.3. The lowest BCUT2D eigenvalue weighted by molar-refractivity contribution is -0.114. The van der Waals surface area contributed by atoms with Crippen molar-refractivity contribution in [1.29, 1.82) is 5.26 Å². The Bertz CT molecular complexity index is 1520. The number of hydrogen-bond donors (Lipinski definition) is 3. The maximum atomic E-state index is 14.4. The monoisotopic (exact) mass is 660 g/mol. The third kappa shape index (κ3) is 9.23. The van der Waals surface area contributed by atoms with Gasteiger partial charge in [0.2, 0.25) is 15.9 Å². The normalized spacial score (nSPS) is 20.8. The summed E-state index contributed by atoms with van der Waals surface area (Å²) in [6.07, 6.45) is -1.80. The minimum Gasteiger partial charge on any atom is -0.443 e. The molecule has 2 heterocycles. The van der Waals surface area contributed by atoms with Crippen molar-refractivity contribution in [3.05, 3.63) is 59.9 Å². The molecule has 4 rings (SSSR count). The van der Waals surface area contributed by atoms with Gasteiger partial charge in [-0.2, -0.15) is 9.57 Å². The van der Waals surface area contributed by atoms with Gasteiger partial charge in [-0.3, -0.25) is 4.79 Å². The highest BCUT2D eigenvalue weighted by atomic mass is 32.2. The molecule has 5 atom stereocenters. The van der Waals surface area contributed by atoms with Gasteiger partial charge in [0.1, 0.15) is 11.9 Å². The third-order valence-corrected chi connectivity index (χ3v) is 9.91. The lowest BCUT2D eigenvalue weighted by Crippen LogP contribution is -2.52. The van der Waals surface area contributed by atoms with E-state index in [1.54, 1.807) is 13.8 Å². The van der Waals surface area contributed by atoms with E-state index in [9.17, 15) is 27.5 Å². The maximum Gasteiger partial charge on any atom is 0.407 e. The number of hydrogen-bond acceptors (Lipinski definition) is 9. The van der Waals surface area contributed by atoms with E-state index in [2.05, 4.69) is 16.7 Å². The number of halogens is 1. The highest BCUT2D eigenvalue weighted by Gasteiger charge is 2.44. The zero-order chi connectivity index (χ0) is 33.5. The van der Waals surface area contributed by atoms with Crippen LogP contribution in [0.15, 0.2) is 53.4 Å². The van der Waals surface area contributed by atoms with Gasteiger partial charge in [-0.1, -0.05) is 44.2 Å². The number of sulfonamides is 1. The smallest absolute Gasteiger partial charge is 0.407 e. The van der Waals surface area contributed by atoms with E-state index < -0.39 is 64.3 Å². The molecule has 2 aromatic carbocycles. The van der Waals surface area contributed by atoms with E-state index >= 15 is 0 Å².